The van der Waals surface area contributed by atoms with E-state index in [1.165, 1.54) is 11.3 Å². The molecule has 8 heteroatoms. The highest BCUT2D eigenvalue weighted by atomic mass is 32.2. The summed E-state index contributed by atoms with van der Waals surface area (Å²) >= 11 is 2.98. The highest BCUT2D eigenvalue weighted by molar-refractivity contribution is 7.98. The van der Waals surface area contributed by atoms with Crippen molar-refractivity contribution in [2.45, 2.75) is 25.4 Å². The van der Waals surface area contributed by atoms with Gasteiger partial charge in [0.1, 0.15) is 11.0 Å². The van der Waals surface area contributed by atoms with Gasteiger partial charge in [-0.1, -0.05) is 0 Å². The van der Waals surface area contributed by atoms with E-state index in [-0.39, 0.29) is 6.04 Å². The summed E-state index contributed by atoms with van der Waals surface area (Å²) in [7, 11) is 0. The van der Waals surface area contributed by atoms with Gasteiger partial charge in [0.2, 0.25) is 0 Å². The van der Waals surface area contributed by atoms with Crippen LogP contribution < -0.4 is 10.6 Å². The van der Waals surface area contributed by atoms with E-state index in [9.17, 15) is 9.59 Å². The minimum atomic E-state index is -1.02. The fraction of sp³-hybridized carbons (Fsp3) is 0.545. The summed E-state index contributed by atoms with van der Waals surface area (Å²) in [6, 6.07) is -1.60. The molecule has 0 aliphatic rings. The van der Waals surface area contributed by atoms with Gasteiger partial charge in [-0.3, -0.25) is 0 Å². The molecule has 2 atom stereocenters. The van der Waals surface area contributed by atoms with Crippen LogP contribution in [-0.2, 0) is 4.79 Å². The molecule has 0 aromatic carbocycles. The summed E-state index contributed by atoms with van der Waals surface area (Å²) in [6.07, 6.45) is 3.95. The Balaban J connectivity index is 2.46. The Hall–Kier alpha value is -1.28. The first-order valence-electron chi connectivity index (χ1n) is 5.72. The van der Waals surface area contributed by atoms with E-state index >= 15 is 0 Å². The second-order valence-corrected chi connectivity index (χ2v) is 5.79. The third kappa shape index (κ3) is 5.48. The summed E-state index contributed by atoms with van der Waals surface area (Å²) < 4.78 is 0. The molecule has 0 aliphatic heterocycles. The van der Waals surface area contributed by atoms with Crippen LogP contribution in [-0.4, -0.2) is 40.1 Å². The predicted molar refractivity (Wildman–Crippen MR) is 76.6 cm³/mol. The van der Waals surface area contributed by atoms with Gasteiger partial charge >= 0.3 is 12.0 Å². The van der Waals surface area contributed by atoms with Gasteiger partial charge in [-0.25, -0.2) is 14.6 Å². The topological polar surface area (TPSA) is 91.3 Å². The summed E-state index contributed by atoms with van der Waals surface area (Å²) in [6.45, 7) is 1.80. The number of carbonyl (C=O) groups is 2. The summed E-state index contributed by atoms with van der Waals surface area (Å²) in [4.78, 5) is 26.8. The predicted octanol–water partition coefficient (Wildman–Crippen LogP) is 1.71. The first kappa shape index (κ1) is 15.8. The second-order valence-electron chi connectivity index (χ2n) is 3.88. The van der Waals surface area contributed by atoms with Gasteiger partial charge in [-0.15, -0.1) is 11.3 Å². The van der Waals surface area contributed by atoms with Crippen LogP contribution in [0.5, 0.6) is 0 Å². The molecule has 0 bridgehead atoms. The second kappa shape index (κ2) is 8.00. The molecular formula is C11H17N3O3S2. The van der Waals surface area contributed by atoms with Crippen molar-refractivity contribution in [2.24, 2.45) is 0 Å². The minimum Gasteiger partial charge on any atom is -0.480 e. The zero-order valence-corrected chi connectivity index (χ0v) is 12.4. The fourth-order valence-electron chi connectivity index (χ4n) is 1.40. The molecule has 0 saturated heterocycles. The number of aliphatic carboxylic acids is 1. The van der Waals surface area contributed by atoms with E-state index in [4.69, 9.17) is 5.11 Å². The standard InChI is InChI=1S/C11H17N3O3S2/c1-7(9-12-4-6-19-9)13-11(17)14-8(10(15)16)3-5-18-2/h4,6-8H,3,5H2,1-2H3,(H,15,16)(H2,13,14,17)/t7?,8-/m0/s1. The van der Waals surface area contributed by atoms with Gasteiger partial charge in [-0.2, -0.15) is 11.8 Å². The Bertz CT molecular complexity index is 411. The van der Waals surface area contributed by atoms with E-state index in [1.54, 1.807) is 24.9 Å². The molecule has 0 radical (unpaired) electrons. The molecule has 1 rings (SSSR count). The van der Waals surface area contributed by atoms with Gasteiger partial charge in [-0.05, 0) is 25.4 Å². The van der Waals surface area contributed by atoms with Crippen molar-refractivity contribution < 1.29 is 14.7 Å². The van der Waals surface area contributed by atoms with Crippen molar-refractivity contribution in [3.63, 3.8) is 0 Å². The average molecular weight is 303 g/mol. The molecule has 0 saturated carbocycles. The van der Waals surface area contributed by atoms with E-state index in [0.717, 1.165) is 5.01 Å². The smallest absolute Gasteiger partial charge is 0.326 e. The highest BCUT2D eigenvalue weighted by Crippen LogP contribution is 2.14. The van der Waals surface area contributed by atoms with Crippen LogP contribution in [0.25, 0.3) is 0 Å². The third-order valence-electron chi connectivity index (χ3n) is 2.38. The number of carboxylic acids is 1. The Labute approximate surface area is 120 Å². The van der Waals surface area contributed by atoms with Crippen LogP contribution in [0.2, 0.25) is 0 Å². The van der Waals surface area contributed by atoms with Crippen molar-refractivity contribution in [2.75, 3.05) is 12.0 Å². The normalized spacial score (nSPS) is 13.6. The van der Waals surface area contributed by atoms with Crippen LogP contribution in [0.4, 0.5) is 4.79 Å². The number of amides is 2. The average Bonchev–Trinajstić information content (AvgIpc) is 2.87. The van der Waals surface area contributed by atoms with E-state index < -0.39 is 18.0 Å². The maximum absolute atomic E-state index is 11.7. The molecule has 0 fully saturated rings. The van der Waals surface area contributed by atoms with Crippen LogP contribution in [0.1, 0.15) is 24.4 Å². The van der Waals surface area contributed by atoms with E-state index in [1.807, 2.05) is 11.6 Å². The number of rotatable bonds is 7. The number of nitrogens with zero attached hydrogens (tertiary/aromatic N) is 1. The van der Waals surface area contributed by atoms with Crippen molar-refractivity contribution in [1.29, 1.82) is 0 Å². The lowest BCUT2D eigenvalue weighted by Crippen LogP contribution is -2.46. The summed E-state index contributed by atoms with van der Waals surface area (Å²) in [5.74, 6) is -0.342. The molecule has 2 amide bonds. The van der Waals surface area contributed by atoms with E-state index in [0.29, 0.717) is 12.2 Å². The van der Waals surface area contributed by atoms with Crippen LogP contribution in [0.15, 0.2) is 11.6 Å². The molecule has 0 spiro atoms. The van der Waals surface area contributed by atoms with Crippen LogP contribution in [0.3, 0.4) is 0 Å². The molecular weight excluding hydrogens is 286 g/mol. The molecule has 0 aliphatic carbocycles. The zero-order valence-electron chi connectivity index (χ0n) is 10.8. The van der Waals surface area contributed by atoms with E-state index in [2.05, 4.69) is 15.6 Å². The molecule has 19 heavy (non-hydrogen) atoms. The molecule has 6 nitrogen and oxygen atoms in total. The number of carbonyl (C=O) groups excluding carboxylic acids is 1. The minimum absolute atomic E-state index is 0.241. The largest absolute Gasteiger partial charge is 0.480 e. The number of hydrogen-bond acceptors (Lipinski definition) is 5. The highest BCUT2D eigenvalue weighted by Gasteiger charge is 2.20. The van der Waals surface area contributed by atoms with Crippen molar-refractivity contribution in [1.82, 2.24) is 15.6 Å². The Kier molecular flexibility index (Phi) is 6.65. The number of urea groups is 1. The van der Waals surface area contributed by atoms with Crippen LogP contribution >= 0.6 is 23.1 Å². The molecule has 106 valence electrons. The molecule has 3 N–H and O–H groups in total. The van der Waals surface area contributed by atoms with Gasteiger partial charge < -0.3 is 15.7 Å². The maximum atomic E-state index is 11.7. The summed E-state index contributed by atoms with van der Waals surface area (Å²) in [5, 5.41) is 16.7. The monoisotopic (exact) mass is 303 g/mol. The lowest BCUT2D eigenvalue weighted by Gasteiger charge is -2.17. The number of thiazole rings is 1. The first-order valence-corrected chi connectivity index (χ1v) is 8.00. The lowest BCUT2D eigenvalue weighted by atomic mass is 10.2. The van der Waals surface area contributed by atoms with Crippen molar-refractivity contribution in [3.8, 4) is 0 Å². The van der Waals surface area contributed by atoms with Gasteiger partial charge in [0.25, 0.3) is 0 Å². The fourth-order valence-corrected chi connectivity index (χ4v) is 2.52. The molecule has 1 heterocycles. The lowest BCUT2D eigenvalue weighted by molar-refractivity contribution is -0.139. The Morgan fingerprint density at radius 3 is 2.79 bits per heavy atom. The number of hydrogen-bond donors (Lipinski definition) is 3. The number of thioether (sulfide) groups is 1. The number of aromatic nitrogens is 1. The maximum Gasteiger partial charge on any atom is 0.326 e. The molecule has 1 aromatic heterocycles. The number of carboxylic acid groups (broad SMARTS) is 1. The quantitative estimate of drug-likeness (QED) is 0.713. The van der Waals surface area contributed by atoms with Crippen molar-refractivity contribution >= 4 is 35.1 Å². The van der Waals surface area contributed by atoms with Gasteiger partial charge in [0.15, 0.2) is 0 Å². The van der Waals surface area contributed by atoms with Crippen molar-refractivity contribution in [3.05, 3.63) is 16.6 Å². The summed E-state index contributed by atoms with van der Waals surface area (Å²) in [5.41, 5.74) is 0. The molecule has 1 aromatic rings. The van der Waals surface area contributed by atoms with Crippen LogP contribution in [0, 0.1) is 0 Å². The zero-order chi connectivity index (χ0) is 14.3. The van der Waals surface area contributed by atoms with Gasteiger partial charge in [0.05, 0.1) is 6.04 Å². The SMILES string of the molecule is CSCC[C@H](NC(=O)NC(C)c1nccs1)C(=O)O. The number of nitrogens with one attached hydrogen (secondary N) is 2. The van der Waals surface area contributed by atoms with Gasteiger partial charge in [0, 0.05) is 11.6 Å². The Morgan fingerprint density at radius 1 is 1.53 bits per heavy atom. The first-order chi connectivity index (χ1) is 9.04. The Morgan fingerprint density at radius 2 is 2.26 bits per heavy atom. The molecule has 1 unspecified atom stereocenters. The third-order valence-corrected chi connectivity index (χ3v) is 3.99.